The molecule has 0 saturated heterocycles. The maximum atomic E-state index is 13.3. The quantitative estimate of drug-likeness (QED) is 0.531. The van der Waals surface area contributed by atoms with Crippen LogP contribution in [0.15, 0.2) is 58.1 Å². The van der Waals surface area contributed by atoms with Crippen LogP contribution in [0.5, 0.6) is 0 Å². The third kappa shape index (κ3) is 3.51. The number of nitrogens with zero attached hydrogens (tertiary/aromatic N) is 3. The summed E-state index contributed by atoms with van der Waals surface area (Å²) in [5, 5.41) is 4.69. The van der Waals surface area contributed by atoms with Crippen molar-refractivity contribution in [3.63, 3.8) is 0 Å². The van der Waals surface area contributed by atoms with E-state index in [-0.39, 0.29) is 17.1 Å². The molecule has 0 aliphatic carbocycles. The maximum absolute atomic E-state index is 13.3. The molecule has 0 unspecified atom stereocenters. The van der Waals surface area contributed by atoms with Crippen LogP contribution < -0.4 is 15.7 Å². The monoisotopic (exact) mass is 399 g/mol. The van der Waals surface area contributed by atoms with Gasteiger partial charge in [-0.05, 0) is 35.4 Å². The van der Waals surface area contributed by atoms with Crippen molar-refractivity contribution in [2.75, 3.05) is 0 Å². The third-order valence-corrected chi connectivity index (χ3v) is 5.24. The fraction of sp³-hybridized carbons (Fsp3) is 0.0526. The number of hydrogen-bond acceptors (Lipinski definition) is 5. The number of fused-ring (bicyclic) bond motifs is 1. The Morgan fingerprint density at radius 1 is 1.15 bits per heavy atom. The van der Waals surface area contributed by atoms with Crippen molar-refractivity contribution >= 4 is 34.0 Å². The van der Waals surface area contributed by atoms with Gasteiger partial charge in [0, 0.05) is 11.4 Å². The first-order valence-electron chi connectivity index (χ1n) is 7.95. The van der Waals surface area contributed by atoms with E-state index in [1.807, 2.05) is 0 Å². The molecule has 0 N–H and O–H groups in total. The molecule has 2 aromatic carbocycles. The van der Waals surface area contributed by atoms with Crippen molar-refractivity contribution in [1.29, 1.82) is 0 Å². The zero-order chi connectivity index (χ0) is 19.0. The van der Waals surface area contributed by atoms with Crippen LogP contribution in [0, 0.1) is 5.82 Å². The van der Waals surface area contributed by atoms with Gasteiger partial charge in [0.25, 0.3) is 11.1 Å². The van der Waals surface area contributed by atoms with Crippen LogP contribution in [-0.4, -0.2) is 14.6 Å². The minimum atomic E-state index is -0.506. The molecule has 27 heavy (non-hydrogen) atoms. The number of halogens is 2. The second kappa shape index (κ2) is 7.02. The average Bonchev–Trinajstić information content (AvgIpc) is 2.92. The maximum Gasteiger partial charge on any atom is 0.296 e. The van der Waals surface area contributed by atoms with E-state index in [0.29, 0.717) is 15.1 Å². The van der Waals surface area contributed by atoms with Crippen LogP contribution in [0.3, 0.4) is 0 Å². The second-order valence-corrected chi connectivity index (χ2v) is 7.21. The second-order valence-electron chi connectivity index (χ2n) is 5.80. The number of rotatable bonds is 3. The third-order valence-electron chi connectivity index (χ3n) is 3.91. The number of benzene rings is 2. The van der Waals surface area contributed by atoms with E-state index >= 15 is 0 Å². The Bertz CT molecular complexity index is 1330. The summed E-state index contributed by atoms with van der Waals surface area (Å²) < 4.78 is 14.8. The average molecular weight is 400 g/mol. The number of thiazole rings is 1. The van der Waals surface area contributed by atoms with Crippen LogP contribution >= 0.6 is 22.9 Å². The van der Waals surface area contributed by atoms with Gasteiger partial charge in [-0.3, -0.25) is 9.59 Å². The molecule has 0 saturated carbocycles. The Labute approximate surface area is 161 Å². The lowest BCUT2D eigenvalue weighted by atomic mass is 10.1. The highest BCUT2D eigenvalue weighted by atomic mass is 35.5. The van der Waals surface area contributed by atoms with Crippen LogP contribution in [-0.2, 0) is 6.42 Å². The molecule has 0 radical (unpaired) electrons. The van der Waals surface area contributed by atoms with Gasteiger partial charge in [0.2, 0.25) is 4.96 Å². The van der Waals surface area contributed by atoms with E-state index in [1.54, 1.807) is 42.5 Å². The van der Waals surface area contributed by atoms with Crippen molar-refractivity contribution in [1.82, 2.24) is 14.6 Å². The molecule has 4 aromatic rings. The Kier molecular flexibility index (Phi) is 4.55. The van der Waals surface area contributed by atoms with Crippen molar-refractivity contribution in [3.05, 3.63) is 101 Å². The lowest BCUT2D eigenvalue weighted by molar-refractivity contribution is 0.627. The van der Waals surface area contributed by atoms with Gasteiger partial charge in [-0.25, -0.2) is 4.39 Å². The van der Waals surface area contributed by atoms with Crippen molar-refractivity contribution in [2.24, 2.45) is 0 Å². The summed E-state index contributed by atoms with van der Waals surface area (Å²) in [6, 6.07) is 13.0. The molecule has 5 nitrogen and oxygen atoms in total. The van der Waals surface area contributed by atoms with E-state index in [9.17, 15) is 14.0 Å². The van der Waals surface area contributed by atoms with Crippen LogP contribution in [0.1, 0.15) is 16.8 Å². The first-order chi connectivity index (χ1) is 13.0. The summed E-state index contributed by atoms with van der Waals surface area (Å²) in [6.45, 7) is 0. The lowest BCUT2D eigenvalue weighted by Crippen LogP contribution is -2.28. The highest BCUT2D eigenvalue weighted by Gasteiger charge is 2.12. The van der Waals surface area contributed by atoms with Gasteiger partial charge in [-0.1, -0.05) is 53.3 Å². The normalized spacial score (nSPS) is 12.0. The van der Waals surface area contributed by atoms with Gasteiger partial charge in [0.05, 0.1) is 4.53 Å². The van der Waals surface area contributed by atoms with E-state index < -0.39 is 16.9 Å². The highest BCUT2D eigenvalue weighted by Crippen LogP contribution is 2.16. The van der Waals surface area contributed by atoms with Crippen LogP contribution in [0.4, 0.5) is 4.39 Å². The SMILES string of the molecule is O=c1nc2s/c(=C/c3cccc(F)c3)c(=O)n2nc1Cc1ccccc1Cl. The van der Waals surface area contributed by atoms with Crippen molar-refractivity contribution in [3.8, 4) is 0 Å². The molecule has 2 heterocycles. The molecular formula is C19H11ClFN3O2S. The van der Waals surface area contributed by atoms with E-state index in [2.05, 4.69) is 10.1 Å². The van der Waals surface area contributed by atoms with Gasteiger partial charge in [0.15, 0.2) is 0 Å². The van der Waals surface area contributed by atoms with Gasteiger partial charge in [0.1, 0.15) is 11.5 Å². The highest BCUT2D eigenvalue weighted by molar-refractivity contribution is 7.15. The molecule has 2 aromatic heterocycles. The van der Waals surface area contributed by atoms with Gasteiger partial charge >= 0.3 is 0 Å². The topological polar surface area (TPSA) is 64.3 Å². The van der Waals surface area contributed by atoms with E-state index in [1.165, 1.54) is 12.1 Å². The van der Waals surface area contributed by atoms with Gasteiger partial charge < -0.3 is 0 Å². The minimum Gasteiger partial charge on any atom is -0.266 e. The van der Waals surface area contributed by atoms with Crippen molar-refractivity contribution in [2.45, 2.75) is 6.42 Å². The molecule has 0 atom stereocenters. The summed E-state index contributed by atoms with van der Waals surface area (Å²) in [7, 11) is 0. The standard InChI is InChI=1S/C19H11ClFN3O2S/c20-14-7-2-1-5-12(14)10-15-17(25)22-19-24(23-15)18(26)16(27-19)9-11-4-3-6-13(21)8-11/h1-9H,10H2/b16-9+. The smallest absolute Gasteiger partial charge is 0.266 e. The van der Waals surface area contributed by atoms with Crippen molar-refractivity contribution < 1.29 is 4.39 Å². The molecule has 0 aliphatic rings. The lowest BCUT2D eigenvalue weighted by Gasteiger charge is -2.02. The molecule has 0 fully saturated rings. The van der Waals surface area contributed by atoms with E-state index in [4.69, 9.17) is 11.6 Å². The molecular weight excluding hydrogens is 389 g/mol. The zero-order valence-corrected chi connectivity index (χ0v) is 15.3. The fourth-order valence-corrected chi connectivity index (χ4v) is 3.73. The van der Waals surface area contributed by atoms with E-state index in [0.717, 1.165) is 21.4 Å². The molecule has 0 amide bonds. The molecule has 4 rings (SSSR count). The first-order valence-corrected chi connectivity index (χ1v) is 9.14. The Hall–Kier alpha value is -2.90. The minimum absolute atomic E-state index is 0.132. The Morgan fingerprint density at radius 3 is 2.74 bits per heavy atom. The number of aromatic nitrogens is 3. The van der Waals surface area contributed by atoms with Gasteiger partial charge in [-0.2, -0.15) is 14.6 Å². The van der Waals surface area contributed by atoms with Crippen LogP contribution in [0.25, 0.3) is 11.0 Å². The molecule has 0 aliphatic heterocycles. The molecule has 8 heteroatoms. The summed E-state index contributed by atoms with van der Waals surface area (Å²) in [5.41, 5.74) is 0.478. The zero-order valence-electron chi connectivity index (χ0n) is 13.7. The summed E-state index contributed by atoms with van der Waals surface area (Å²) in [4.78, 5) is 29.1. The Balaban J connectivity index is 1.83. The predicted molar refractivity (Wildman–Crippen MR) is 103 cm³/mol. The summed E-state index contributed by atoms with van der Waals surface area (Å²) in [6.07, 6.45) is 1.72. The molecule has 0 bridgehead atoms. The fourth-order valence-electron chi connectivity index (χ4n) is 2.62. The molecule has 134 valence electrons. The van der Waals surface area contributed by atoms with Crippen LogP contribution in [0.2, 0.25) is 5.02 Å². The first kappa shape index (κ1) is 17.5. The molecule has 0 spiro atoms. The summed E-state index contributed by atoms with van der Waals surface area (Å²) in [5.74, 6) is -0.398. The van der Waals surface area contributed by atoms with Gasteiger partial charge in [-0.15, -0.1) is 0 Å². The summed E-state index contributed by atoms with van der Waals surface area (Å²) >= 11 is 7.16. The predicted octanol–water partition coefficient (Wildman–Crippen LogP) is 2.44. The largest absolute Gasteiger partial charge is 0.296 e. The Morgan fingerprint density at radius 2 is 1.96 bits per heavy atom. The number of hydrogen-bond donors (Lipinski definition) is 0.